The first-order chi connectivity index (χ1) is 8.08. The number of halogens is 1. The highest BCUT2D eigenvalue weighted by Crippen LogP contribution is 2.24. The number of benzene rings is 1. The zero-order chi connectivity index (χ0) is 12.4. The molecule has 0 aliphatic carbocycles. The molecule has 5 heteroatoms. The summed E-state index contributed by atoms with van der Waals surface area (Å²) in [5.74, 6) is -0.145. The van der Waals surface area contributed by atoms with Crippen LogP contribution in [0, 0.1) is 0 Å². The molecule has 92 valence electrons. The van der Waals surface area contributed by atoms with Gasteiger partial charge >= 0.3 is 0 Å². The molecule has 17 heavy (non-hydrogen) atoms. The number of piperidine rings is 1. The Hall–Kier alpha value is -1.07. The van der Waals surface area contributed by atoms with Crippen LogP contribution in [0.5, 0.6) is 5.75 Å². The SMILES string of the molecule is N[C@@H]1CCCN(C(=O)c2ccc(Br)cc2O)C1. The van der Waals surface area contributed by atoms with Crippen molar-refractivity contribution < 1.29 is 9.90 Å². The van der Waals surface area contributed by atoms with Crippen molar-refractivity contribution in [3.05, 3.63) is 28.2 Å². The van der Waals surface area contributed by atoms with Crippen LogP contribution in [0.15, 0.2) is 22.7 Å². The lowest BCUT2D eigenvalue weighted by Gasteiger charge is -2.31. The first-order valence-corrected chi connectivity index (χ1v) is 6.40. The van der Waals surface area contributed by atoms with Crippen molar-refractivity contribution in [3.8, 4) is 5.75 Å². The van der Waals surface area contributed by atoms with Gasteiger partial charge in [0.15, 0.2) is 0 Å². The summed E-state index contributed by atoms with van der Waals surface area (Å²) in [7, 11) is 0. The highest BCUT2D eigenvalue weighted by atomic mass is 79.9. The fraction of sp³-hybridized carbons (Fsp3) is 0.417. The first kappa shape index (κ1) is 12.4. The van der Waals surface area contributed by atoms with Gasteiger partial charge in [0.25, 0.3) is 5.91 Å². The summed E-state index contributed by atoms with van der Waals surface area (Å²) in [4.78, 5) is 13.9. The Kier molecular flexibility index (Phi) is 3.69. The Morgan fingerprint density at radius 3 is 2.94 bits per heavy atom. The largest absolute Gasteiger partial charge is 0.507 e. The molecule has 1 fully saturated rings. The number of aromatic hydroxyl groups is 1. The third kappa shape index (κ3) is 2.79. The smallest absolute Gasteiger partial charge is 0.257 e. The van der Waals surface area contributed by atoms with E-state index in [2.05, 4.69) is 15.9 Å². The monoisotopic (exact) mass is 298 g/mol. The maximum Gasteiger partial charge on any atom is 0.257 e. The molecule has 0 aromatic heterocycles. The standard InChI is InChI=1S/C12H15BrN2O2/c13-8-3-4-10(11(16)6-8)12(17)15-5-1-2-9(14)7-15/h3-4,6,9,16H,1-2,5,7,14H2/t9-/m1/s1. The lowest BCUT2D eigenvalue weighted by Crippen LogP contribution is -2.45. The summed E-state index contributed by atoms with van der Waals surface area (Å²) in [5, 5.41) is 9.75. The Balaban J connectivity index is 2.18. The second-order valence-corrected chi connectivity index (χ2v) is 5.23. The molecule has 1 aromatic rings. The van der Waals surface area contributed by atoms with Gasteiger partial charge in [0.05, 0.1) is 5.56 Å². The van der Waals surface area contributed by atoms with Crippen LogP contribution in [0.1, 0.15) is 23.2 Å². The van der Waals surface area contributed by atoms with Crippen LogP contribution < -0.4 is 5.73 Å². The molecule has 1 aliphatic heterocycles. The molecule has 0 saturated carbocycles. The van der Waals surface area contributed by atoms with Crippen molar-refractivity contribution in [2.45, 2.75) is 18.9 Å². The van der Waals surface area contributed by atoms with E-state index in [1.54, 1.807) is 17.0 Å². The number of likely N-dealkylation sites (tertiary alicyclic amines) is 1. The number of amides is 1. The number of phenolic OH excluding ortho intramolecular Hbond substituents is 1. The molecule has 0 bridgehead atoms. The van der Waals surface area contributed by atoms with Crippen LogP contribution in [0.25, 0.3) is 0 Å². The zero-order valence-corrected chi connectivity index (χ0v) is 11.0. The Morgan fingerprint density at radius 2 is 2.29 bits per heavy atom. The average Bonchev–Trinajstić information content (AvgIpc) is 2.28. The molecule has 1 amide bonds. The third-order valence-corrected chi connectivity index (χ3v) is 3.43. The van der Waals surface area contributed by atoms with Gasteiger partial charge in [0.2, 0.25) is 0 Å². The maximum atomic E-state index is 12.2. The second-order valence-electron chi connectivity index (χ2n) is 4.31. The highest BCUT2D eigenvalue weighted by molar-refractivity contribution is 9.10. The lowest BCUT2D eigenvalue weighted by molar-refractivity contribution is 0.0706. The lowest BCUT2D eigenvalue weighted by atomic mass is 10.1. The molecule has 0 unspecified atom stereocenters. The van der Waals surface area contributed by atoms with E-state index < -0.39 is 0 Å². The molecular weight excluding hydrogens is 284 g/mol. The molecule has 1 saturated heterocycles. The fourth-order valence-electron chi connectivity index (χ4n) is 2.05. The Morgan fingerprint density at radius 1 is 1.53 bits per heavy atom. The number of phenols is 1. The number of nitrogens with zero attached hydrogens (tertiary/aromatic N) is 1. The Bertz CT molecular complexity index is 437. The number of hydrogen-bond acceptors (Lipinski definition) is 3. The van der Waals surface area contributed by atoms with E-state index in [4.69, 9.17) is 5.73 Å². The normalized spacial score (nSPS) is 20.4. The highest BCUT2D eigenvalue weighted by Gasteiger charge is 2.23. The molecule has 2 rings (SSSR count). The fourth-order valence-corrected chi connectivity index (χ4v) is 2.40. The topological polar surface area (TPSA) is 66.6 Å². The summed E-state index contributed by atoms with van der Waals surface area (Å²) < 4.78 is 0.752. The van der Waals surface area contributed by atoms with Crippen LogP contribution in [0.2, 0.25) is 0 Å². The van der Waals surface area contributed by atoms with Gasteiger partial charge in [-0.3, -0.25) is 4.79 Å². The number of rotatable bonds is 1. The molecule has 1 heterocycles. The number of carbonyl (C=O) groups is 1. The summed E-state index contributed by atoms with van der Waals surface area (Å²) in [5.41, 5.74) is 6.17. The van der Waals surface area contributed by atoms with Crippen molar-refractivity contribution in [1.29, 1.82) is 0 Å². The maximum absolute atomic E-state index is 12.2. The second kappa shape index (κ2) is 5.06. The predicted octanol–water partition coefficient (Wildman–Crippen LogP) is 1.72. The summed E-state index contributed by atoms with van der Waals surface area (Å²) in [6.45, 7) is 1.27. The van der Waals surface area contributed by atoms with Gasteiger partial charge in [-0.1, -0.05) is 15.9 Å². The van der Waals surface area contributed by atoms with Crippen molar-refractivity contribution in [1.82, 2.24) is 4.90 Å². The minimum Gasteiger partial charge on any atom is -0.507 e. The van der Waals surface area contributed by atoms with Gasteiger partial charge < -0.3 is 15.7 Å². The van der Waals surface area contributed by atoms with Gasteiger partial charge in [-0.05, 0) is 31.0 Å². The van der Waals surface area contributed by atoms with Gasteiger partial charge in [0, 0.05) is 23.6 Å². The Labute approximate surface area is 109 Å². The summed E-state index contributed by atoms with van der Waals surface area (Å²) in [6, 6.07) is 4.95. The quantitative estimate of drug-likeness (QED) is 0.829. The minimum atomic E-state index is -0.148. The third-order valence-electron chi connectivity index (χ3n) is 2.94. The van der Waals surface area contributed by atoms with Crippen molar-refractivity contribution in [2.24, 2.45) is 5.73 Å². The summed E-state index contributed by atoms with van der Waals surface area (Å²) >= 11 is 3.25. The van der Waals surface area contributed by atoms with E-state index in [9.17, 15) is 9.90 Å². The average molecular weight is 299 g/mol. The van der Waals surface area contributed by atoms with Crippen LogP contribution in [0.3, 0.4) is 0 Å². The van der Waals surface area contributed by atoms with Gasteiger partial charge in [0.1, 0.15) is 5.75 Å². The number of hydrogen-bond donors (Lipinski definition) is 2. The molecule has 4 nitrogen and oxygen atoms in total. The first-order valence-electron chi connectivity index (χ1n) is 5.61. The summed E-state index contributed by atoms with van der Waals surface area (Å²) in [6.07, 6.45) is 1.88. The van der Waals surface area contributed by atoms with E-state index in [0.717, 1.165) is 17.3 Å². The van der Waals surface area contributed by atoms with E-state index in [1.807, 2.05) is 0 Å². The van der Waals surface area contributed by atoms with E-state index in [1.165, 1.54) is 6.07 Å². The number of carbonyl (C=O) groups excluding carboxylic acids is 1. The minimum absolute atomic E-state index is 0.00326. The van der Waals surface area contributed by atoms with E-state index in [0.29, 0.717) is 18.7 Å². The predicted molar refractivity (Wildman–Crippen MR) is 68.9 cm³/mol. The van der Waals surface area contributed by atoms with Crippen LogP contribution in [0.4, 0.5) is 0 Å². The van der Waals surface area contributed by atoms with Crippen molar-refractivity contribution in [2.75, 3.05) is 13.1 Å². The van der Waals surface area contributed by atoms with Gasteiger partial charge in [-0.25, -0.2) is 0 Å². The molecule has 1 aliphatic rings. The molecule has 1 aromatic carbocycles. The van der Waals surface area contributed by atoms with Gasteiger partial charge in [-0.2, -0.15) is 0 Å². The zero-order valence-electron chi connectivity index (χ0n) is 9.40. The molecular formula is C12H15BrN2O2. The van der Waals surface area contributed by atoms with Crippen molar-refractivity contribution >= 4 is 21.8 Å². The molecule has 1 atom stereocenters. The molecule has 0 radical (unpaired) electrons. The van der Waals surface area contributed by atoms with Crippen LogP contribution >= 0.6 is 15.9 Å². The van der Waals surface area contributed by atoms with Crippen LogP contribution in [-0.2, 0) is 0 Å². The van der Waals surface area contributed by atoms with Crippen molar-refractivity contribution in [3.63, 3.8) is 0 Å². The van der Waals surface area contributed by atoms with Gasteiger partial charge in [-0.15, -0.1) is 0 Å². The van der Waals surface area contributed by atoms with Crippen LogP contribution in [-0.4, -0.2) is 35.0 Å². The number of nitrogens with two attached hydrogens (primary N) is 1. The molecule has 0 spiro atoms. The van der Waals surface area contributed by atoms with E-state index >= 15 is 0 Å². The van der Waals surface area contributed by atoms with E-state index in [-0.39, 0.29) is 17.7 Å². The molecule has 3 N–H and O–H groups in total.